The molecule has 90 valence electrons. The molecule has 3 nitrogen and oxygen atoms in total. The van der Waals surface area contributed by atoms with Crippen LogP contribution >= 0.6 is 11.6 Å². The number of rotatable bonds is 1. The van der Waals surface area contributed by atoms with Gasteiger partial charge < -0.3 is 4.42 Å². The van der Waals surface area contributed by atoms with Crippen molar-refractivity contribution < 1.29 is 4.42 Å². The Morgan fingerprint density at radius 3 is 2.41 bits per heavy atom. The predicted molar refractivity (Wildman–Crippen MR) is 68.2 cm³/mol. The van der Waals surface area contributed by atoms with Crippen LogP contribution < -0.4 is 0 Å². The first kappa shape index (κ1) is 12.1. The molecule has 0 N–H and O–H groups in total. The Morgan fingerprint density at radius 2 is 1.88 bits per heavy atom. The molecule has 0 saturated heterocycles. The van der Waals surface area contributed by atoms with Gasteiger partial charge in [-0.2, -0.15) is 0 Å². The Labute approximate surface area is 106 Å². The average Bonchev–Trinajstić information content (AvgIpc) is 2.70. The lowest BCUT2D eigenvalue weighted by molar-refractivity contribution is 0.399. The number of hydrogen-bond donors (Lipinski definition) is 0. The molecule has 0 bridgehead atoms. The Balaban J connectivity index is 2.40. The Hall–Kier alpha value is -1.35. The molecular weight excluding hydrogens is 236 g/mol. The van der Waals surface area contributed by atoms with Gasteiger partial charge in [-0.3, -0.25) is 0 Å². The molecule has 0 aliphatic heterocycles. The maximum Gasteiger partial charge on any atom is 0.247 e. The Kier molecular flexibility index (Phi) is 2.96. The van der Waals surface area contributed by atoms with E-state index >= 15 is 0 Å². The molecule has 1 aromatic carbocycles. The van der Waals surface area contributed by atoms with Gasteiger partial charge in [0.05, 0.1) is 0 Å². The van der Waals surface area contributed by atoms with Crippen LogP contribution in [0.3, 0.4) is 0 Å². The number of halogens is 1. The highest BCUT2D eigenvalue weighted by Crippen LogP contribution is 2.27. The van der Waals surface area contributed by atoms with Crippen LogP contribution in [-0.2, 0) is 5.41 Å². The number of hydrogen-bond acceptors (Lipinski definition) is 3. The highest BCUT2D eigenvalue weighted by molar-refractivity contribution is 6.31. The van der Waals surface area contributed by atoms with E-state index in [-0.39, 0.29) is 5.41 Å². The summed E-state index contributed by atoms with van der Waals surface area (Å²) in [5, 5.41) is 8.81. The van der Waals surface area contributed by atoms with E-state index in [0.29, 0.717) is 16.8 Å². The zero-order valence-corrected chi connectivity index (χ0v) is 11.2. The van der Waals surface area contributed by atoms with E-state index in [1.54, 1.807) is 0 Å². The summed E-state index contributed by atoms with van der Waals surface area (Å²) in [5.41, 5.74) is 1.74. The van der Waals surface area contributed by atoms with Gasteiger partial charge in [0.15, 0.2) is 0 Å². The van der Waals surface area contributed by atoms with Crippen molar-refractivity contribution in [3.63, 3.8) is 0 Å². The first-order chi connectivity index (χ1) is 7.88. The summed E-state index contributed by atoms with van der Waals surface area (Å²) in [6, 6.07) is 5.72. The molecule has 0 atom stereocenters. The second-order valence-electron chi connectivity index (χ2n) is 5.13. The van der Waals surface area contributed by atoms with Gasteiger partial charge in [0.2, 0.25) is 11.8 Å². The standard InChI is InChI=1S/C13H15ClN2O/c1-8-5-6-9(7-10(8)14)11-15-16-12(17-11)13(2,3)4/h5-7H,1-4H3. The van der Waals surface area contributed by atoms with Crippen molar-refractivity contribution in [2.45, 2.75) is 33.1 Å². The third-order valence-corrected chi connectivity index (χ3v) is 2.89. The van der Waals surface area contributed by atoms with E-state index < -0.39 is 0 Å². The third-order valence-electron chi connectivity index (χ3n) is 2.49. The van der Waals surface area contributed by atoms with Crippen molar-refractivity contribution in [2.24, 2.45) is 0 Å². The van der Waals surface area contributed by atoms with Crippen LogP contribution in [0.25, 0.3) is 11.5 Å². The largest absolute Gasteiger partial charge is 0.420 e. The van der Waals surface area contributed by atoms with Crippen molar-refractivity contribution in [3.8, 4) is 11.5 Å². The molecule has 0 amide bonds. The van der Waals surface area contributed by atoms with E-state index in [1.165, 1.54) is 0 Å². The lowest BCUT2D eigenvalue weighted by Crippen LogP contribution is -2.11. The Morgan fingerprint density at radius 1 is 1.18 bits per heavy atom. The second kappa shape index (κ2) is 4.15. The lowest BCUT2D eigenvalue weighted by atomic mass is 9.97. The molecule has 2 rings (SSSR count). The monoisotopic (exact) mass is 250 g/mol. The molecule has 4 heteroatoms. The molecule has 17 heavy (non-hydrogen) atoms. The summed E-state index contributed by atoms with van der Waals surface area (Å²) in [5.74, 6) is 1.14. The minimum absolute atomic E-state index is 0.139. The SMILES string of the molecule is Cc1ccc(-c2nnc(C(C)(C)C)o2)cc1Cl. The van der Waals surface area contributed by atoms with E-state index in [4.69, 9.17) is 16.0 Å². The van der Waals surface area contributed by atoms with Crippen LogP contribution in [0.2, 0.25) is 5.02 Å². The first-order valence-corrected chi connectivity index (χ1v) is 5.86. The molecule has 2 aromatic rings. The molecule has 0 radical (unpaired) electrons. The third kappa shape index (κ3) is 2.50. The summed E-state index contributed by atoms with van der Waals surface area (Å²) < 4.78 is 5.65. The highest BCUT2D eigenvalue weighted by atomic mass is 35.5. The average molecular weight is 251 g/mol. The molecule has 0 saturated carbocycles. The van der Waals surface area contributed by atoms with Gasteiger partial charge in [-0.15, -0.1) is 10.2 Å². The van der Waals surface area contributed by atoms with Crippen molar-refractivity contribution in [1.29, 1.82) is 0 Å². The van der Waals surface area contributed by atoms with Gasteiger partial charge in [-0.1, -0.05) is 38.4 Å². The second-order valence-corrected chi connectivity index (χ2v) is 5.53. The summed E-state index contributed by atoms with van der Waals surface area (Å²) in [4.78, 5) is 0. The van der Waals surface area contributed by atoms with Crippen molar-refractivity contribution in [3.05, 3.63) is 34.7 Å². The maximum absolute atomic E-state index is 6.07. The number of benzene rings is 1. The smallest absolute Gasteiger partial charge is 0.247 e. The van der Waals surface area contributed by atoms with Gasteiger partial charge >= 0.3 is 0 Å². The molecule has 0 fully saturated rings. The minimum atomic E-state index is -0.139. The molecule has 0 spiro atoms. The summed E-state index contributed by atoms with van der Waals surface area (Å²) in [6.07, 6.45) is 0. The van der Waals surface area contributed by atoms with Crippen LogP contribution in [0.5, 0.6) is 0 Å². The van der Waals surface area contributed by atoms with Crippen LogP contribution in [0.4, 0.5) is 0 Å². The summed E-state index contributed by atoms with van der Waals surface area (Å²) in [6.45, 7) is 8.06. The fraction of sp³-hybridized carbons (Fsp3) is 0.385. The van der Waals surface area contributed by atoms with Crippen LogP contribution in [0.15, 0.2) is 22.6 Å². The van der Waals surface area contributed by atoms with E-state index in [1.807, 2.05) is 45.9 Å². The van der Waals surface area contributed by atoms with Gasteiger partial charge in [0.25, 0.3) is 0 Å². The molecule has 0 unspecified atom stereocenters. The quantitative estimate of drug-likeness (QED) is 0.768. The van der Waals surface area contributed by atoms with Crippen LogP contribution in [-0.4, -0.2) is 10.2 Å². The predicted octanol–water partition coefficient (Wildman–Crippen LogP) is 4.00. The molecule has 0 aliphatic rings. The number of aromatic nitrogens is 2. The summed E-state index contributed by atoms with van der Waals surface area (Å²) in [7, 11) is 0. The molecular formula is C13H15ClN2O. The molecule has 1 heterocycles. The molecule has 1 aromatic heterocycles. The fourth-order valence-electron chi connectivity index (χ4n) is 1.37. The highest BCUT2D eigenvalue weighted by Gasteiger charge is 2.21. The summed E-state index contributed by atoms with van der Waals surface area (Å²) >= 11 is 6.07. The maximum atomic E-state index is 6.07. The van der Waals surface area contributed by atoms with E-state index in [2.05, 4.69) is 10.2 Å². The van der Waals surface area contributed by atoms with Gasteiger partial charge in [0, 0.05) is 16.0 Å². The van der Waals surface area contributed by atoms with Crippen molar-refractivity contribution in [1.82, 2.24) is 10.2 Å². The minimum Gasteiger partial charge on any atom is -0.420 e. The zero-order valence-electron chi connectivity index (χ0n) is 10.4. The van der Waals surface area contributed by atoms with Gasteiger partial charge in [-0.05, 0) is 24.6 Å². The lowest BCUT2D eigenvalue weighted by Gasteiger charge is -2.10. The number of nitrogens with zero attached hydrogens (tertiary/aromatic N) is 2. The Bertz CT molecular complexity index is 541. The topological polar surface area (TPSA) is 38.9 Å². The zero-order chi connectivity index (χ0) is 12.6. The normalized spacial score (nSPS) is 11.8. The van der Waals surface area contributed by atoms with Gasteiger partial charge in [-0.25, -0.2) is 0 Å². The fourth-order valence-corrected chi connectivity index (χ4v) is 1.55. The van der Waals surface area contributed by atoms with Crippen molar-refractivity contribution in [2.75, 3.05) is 0 Å². The number of aryl methyl sites for hydroxylation is 1. The van der Waals surface area contributed by atoms with E-state index in [9.17, 15) is 0 Å². The first-order valence-electron chi connectivity index (χ1n) is 5.48. The molecule has 0 aliphatic carbocycles. The van der Waals surface area contributed by atoms with Gasteiger partial charge in [0.1, 0.15) is 0 Å². The van der Waals surface area contributed by atoms with Crippen LogP contribution in [0, 0.1) is 6.92 Å². The van der Waals surface area contributed by atoms with E-state index in [0.717, 1.165) is 11.1 Å². The van der Waals surface area contributed by atoms with Crippen molar-refractivity contribution >= 4 is 11.6 Å². The van der Waals surface area contributed by atoms with Crippen LogP contribution in [0.1, 0.15) is 32.2 Å².